The van der Waals surface area contributed by atoms with Gasteiger partial charge < -0.3 is 19.1 Å². The molecule has 1 fully saturated rings. The molecule has 0 saturated heterocycles. The van der Waals surface area contributed by atoms with Gasteiger partial charge in [0, 0.05) is 37.4 Å². The van der Waals surface area contributed by atoms with E-state index in [0.29, 0.717) is 37.6 Å². The van der Waals surface area contributed by atoms with Crippen molar-refractivity contribution < 1.29 is 19.4 Å². The van der Waals surface area contributed by atoms with Crippen molar-refractivity contribution in [1.29, 1.82) is 0 Å². The molecule has 7 nitrogen and oxygen atoms in total. The molecular formula is C25H28N2O5. The quantitative estimate of drug-likeness (QED) is 0.460. The average Bonchev–Trinajstić information content (AvgIpc) is 3.62. The van der Waals surface area contributed by atoms with Crippen LogP contribution >= 0.6 is 0 Å². The second-order valence-electron chi connectivity index (χ2n) is 7.99. The fourth-order valence-electron chi connectivity index (χ4n) is 3.88. The summed E-state index contributed by atoms with van der Waals surface area (Å²) >= 11 is 0. The van der Waals surface area contributed by atoms with Crippen LogP contribution < -0.4 is 10.3 Å². The van der Waals surface area contributed by atoms with Gasteiger partial charge in [0.1, 0.15) is 11.5 Å². The number of ether oxygens (including phenoxy) is 2. The predicted octanol–water partition coefficient (Wildman–Crippen LogP) is 3.88. The number of carbonyl (C=O) groups is 1. The topological polar surface area (TPSA) is 81.0 Å². The maximum absolute atomic E-state index is 13.4. The van der Waals surface area contributed by atoms with E-state index in [-0.39, 0.29) is 18.1 Å². The molecule has 2 aromatic carbocycles. The molecule has 32 heavy (non-hydrogen) atoms. The lowest BCUT2D eigenvalue weighted by molar-refractivity contribution is -0.138. The van der Waals surface area contributed by atoms with Gasteiger partial charge in [-0.15, -0.1) is 0 Å². The van der Waals surface area contributed by atoms with Crippen molar-refractivity contribution in [2.24, 2.45) is 0 Å². The summed E-state index contributed by atoms with van der Waals surface area (Å²) in [5.74, 6) is 0.490. The molecule has 0 atom stereocenters. The Hall–Kier alpha value is -3.16. The number of aliphatic carboxylic acids is 1. The Kier molecular flexibility index (Phi) is 6.87. The molecule has 0 bridgehead atoms. The van der Waals surface area contributed by atoms with Crippen molar-refractivity contribution >= 4 is 16.9 Å². The molecule has 0 unspecified atom stereocenters. The van der Waals surface area contributed by atoms with E-state index in [0.717, 1.165) is 29.5 Å². The van der Waals surface area contributed by atoms with Crippen molar-refractivity contribution in [1.82, 2.24) is 9.47 Å². The predicted molar refractivity (Wildman–Crippen MR) is 122 cm³/mol. The molecule has 0 aliphatic heterocycles. The first-order valence-corrected chi connectivity index (χ1v) is 11.0. The molecule has 3 aromatic rings. The van der Waals surface area contributed by atoms with Crippen molar-refractivity contribution in [3.63, 3.8) is 0 Å². The lowest BCUT2D eigenvalue weighted by atomic mass is 10.1. The van der Waals surface area contributed by atoms with Crippen LogP contribution in [0.5, 0.6) is 11.5 Å². The monoisotopic (exact) mass is 436 g/mol. The van der Waals surface area contributed by atoms with Crippen LogP contribution in [0.2, 0.25) is 0 Å². The van der Waals surface area contributed by atoms with E-state index in [9.17, 15) is 14.7 Å². The third-order valence-electron chi connectivity index (χ3n) is 5.56. The number of hydrogen-bond donors (Lipinski definition) is 1. The minimum atomic E-state index is -0.878. The minimum Gasteiger partial charge on any atom is -0.480 e. The highest BCUT2D eigenvalue weighted by Gasteiger charge is 2.31. The molecule has 1 aliphatic carbocycles. The summed E-state index contributed by atoms with van der Waals surface area (Å²) in [4.78, 5) is 26.6. The van der Waals surface area contributed by atoms with Crippen LogP contribution in [0.3, 0.4) is 0 Å². The van der Waals surface area contributed by atoms with E-state index < -0.39 is 5.97 Å². The highest BCUT2D eigenvalue weighted by atomic mass is 16.5. The maximum Gasteiger partial charge on any atom is 0.317 e. The Balaban J connectivity index is 1.70. The van der Waals surface area contributed by atoms with Crippen molar-refractivity contribution in [3.8, 4) is 11.5 Å². The maximum atomic E-state index is 13.4. The Bertz CT molecular complexity index is 1140. The third kappa shape index (κ3) is 5.36. The summed E-state index contributed by atoms with van der Waals surface area (Å²) in [6.07, 6.45) is 1.94. The SMILES string of the molecule is CCOCCn1c(=O)c(CN(CC(=O)O)C2CC2)cc2ccc(Oc3ccccc3)cc21. The van der Waals surface area contributed by atoms with Crippen molar-refractivity contribution in [3.05, 3.63) is 70.5 Å². The fraction of sp³-hybridized carbons (Fsp3) is 0.360. The zero-order valence-corrected chi connectivity index (χ0v) is 18.2. The Labute approximate surface area is 186 Å². The number of fused-ring (bicyclic) bond motifs is 1. The first-order valence-electron chi connectivity index (χ1n) is 11.0. The molecule has 1 aromatic heterocycles. The molecule has 7 heteroatoms. The van der Waals surface area contributed by atoms with Crippen LogP contribution in [0, 0.1) is 0 Å². The molecule has 168 valence electrons. The van der Waals surface area contributed by atoms with Crippen LogP contribution in [-0.4, -0.2) is 46.3 Å². The summed E-state index contributed by atoms with van der Waals surface area (Å²) in [5.41, 5.74) is 1.24. The van der Waals surface area contributed by atoms with Gasteiger partial charge in [-0.1, -0.05) is 18.2 Å². The average molecular weight is 437 g/mol. The number of aromatic nitrogens is 1. The molecular weight excluding hydrogens is 408 g/mol. The molecule has 0 spiro atoms. The van der Waals surface area contributed by atoms with Gasteiger partial charge in [-0.2, -0.15) is 0 Å². The van der Waals surface area contributed by atoms with Crippen LogP contribution in [0.15, 0.2) is 59.4 Å². The molecule has 1 aliphatic rings. The smallest absolute Gasteiger partial charge is 0.317 e. The zero-order valence-electron chi connectivity index (χ0n) is 18.2. The Morgan fingerprint density at radius 1 is 1.12 bits per heavy atom. The van der Waals surface area contributed by atoms with E-state index >= 15 is 0 Å². The largest absolute Gasteiger partial charge is 0.480 e. The van der Waals surface area contributed by atoms with Crippen molar-refractivity contribution in [2.45, 2.75) is 38.9 Å². The minimum absolute atomic E-state index is 0.0645. The summed E-state index contributed by atoms with van der Waals surface area (Å²) in [6.45, 7) is 3.58. The first kappa shape index (κ1) is 22.0. The number of rotatable bonds is 11. The Morgan fingerprint density at radius 3 is 2.59 bits per heavy atom. The molecule has 0 radical (unpaired) electrons. The van der Waals surface area contributed by atoms with Gasteiger partial charge in [0.15, 0.2) is 0 Å². The third-order valence-corrected chi connectivity index (χ3v) is 5.56. The van der Waals surface area contributed by atoms with Gasteiger partial charge in [0.2, 0.25) is 0 Å². The second kappa shape index (κ2) is 9.97. The number of carboxylic acids is 1. The zero-order chi connectivity index (χ0) is 22.5. The van der Waals surface area contributed by atoms with Gasteiger partial charge in [-0.3, -0.25) is 14.5 Å². The highest BCUT2D eigenvalue weighted by molar-refractivity contribution is 5.81. The molecule has 1 N–H and O–H groups in total. The molecule has 1 heterocycles. The van der Waals surface area contributed by atoms with Gasteiger partial charge in [-0.25, -0.2) is 0 Å². The number of carboxylic acid groups (broad SMARTS) is 1. The van der Waals surface area contributed by atoms with E-state index in [4.69, 9.17) is 9.47 Å². The lowest BCUT2D eigenvalue weighted by Crippen LogP contribution is -2.35. The number of benzene rings is 2. The second-order valence-corrected chi connectivity index (χ2v) is 7.99. The highest BCUT2D eigenvalue weighted by Crippen LogP contribution is 2.29. The molecule has 1 saturated carbocycles. The summed E-state index contributed by atoms with van der Waals surface area (Å²) in [6, 6.07) is 17.3. The Morgan fingerprint density at radius 2 is 1.91 bits per heavy atom. The number of pyridine rings is 1. The van der Waals surface area contributed by atoms with Gasteiger partial charge in [0.25, 0.3) is 5.56 Å². The number of hydrogen-bond acceptors (Lipinski definition) is 5. The van der Waals surface area contributed by atoms with Crippen LogP contribution in [0.1, 0.15) is 25.3 Å². The van der Waals surface area contributed by atoms with E-state index in [2.05, 4.69) is 0 Å². The number of nitrogens with zero attached hydrogens (tertiary/aromatic N) is 2. The van der Waals surface area contributed by atoms with Crippen LogP contribution in [0.4, 0.5) is 0 Å². The summed E-state index contributed by atoms with van der Waals surface area (Å²) < 4.78 is 13.2. The van der Waals surface area contributed by atoms with Gasteiger partial charge in [0.05, 0.1) is 18.7 Å². The van der Waals surface area contributed by atoms with E-state index in [1.54, 1.807) is 4.57 Å². The lowest BCUT2D eigenvalue weighted by Gasteiger charge is -2.21. The first-order chi connectivity index (χ1) is 15.5. The van der Waals surface area contributed by atoms with Crippen LogP contribution in [-0.2, 0) is 22.6 Å². The molecule has 4 rings (SSSR count). The number of para-hydroxylation sites is 1. The fourth-order valence-corrected chi connectivity index (χ4v) is 3.88. The normalized spacial score (nSPS) is 13.6. The standard InChI is InChI=1S/C25H28N2O5/c1-2-31-13-12-27-23-15-22(32-21-6-4-3-5-7-21)11-8-18(23)14-19(25(27)30)16-26(17-24(28)29)20-9-10-20/h3-8,11,14-15,20H,2,9-10,12-13,16-17H2,1H3,(H,28,29). The van der Waals surface area contributed by atoms with E-state index in [1.807, 2.05) is 66.4 Å². The van der Waals surface area contributed by atoms with Crippen LogP contribution in [0.25, 0.3) is 10.9 Å². The summed E-state index contributed by atoms with van der Waals surface area (Å²) in [7, 11) is 0. The molecule has 0 amide bonds. The van der Waals surface area contributed by atoms with Gasteiger partial charge in [-0.05, 0) is 55.5 Å². The van der Waals surface area contributed by atoms with E-state index in [1.165, 1.54) is 0 Å². The van der Waals surface area contributed by atoms with Crippen molar-refractivity contribution in [2.75, 3.05) is 19.8 Å². The van der Waals surface area contributed by atoms with Gasteiger partial charge >= 0.3 is 5.97 Å². The summed E-state index contributed by atoms with van der Waals surface area (Å²) in [5, 5.41) is 10.2.